The van der Waals surface area contributed by atoms with E-state index >= 15 is 0 Å². The van der Waals surface area contributed by atoms with Crippen molar-refractivity contribution in [1.29, 1.82) is 0 Å². The van der Waals surface area contributed by atoms with Gasteiger partial charge in [0.1, 0.15) is 0 Å². The fraction of sp³-hybridized carbons (Fsp3) is 0.148. The van der Waals surface area contributed by atoms with Crippen LogP contribution in [0.15, 0.2) is 91.3 Å². The van der Waals surface area contributed by atoms with Crippen LogP contribution in [0.5, 0.6) is 0 Å². The SMILES string of the molecule is Cl.NC1CCc2c(ccc3c2ccc2ccccc23)C1.c1ccc2cnccc2c1. The van der Waals surface area contributed by atoms with Gasteiger partial charge in [0.25, 0.3) is 0 Å². The molecule has 2 N–H and O–H groups in total. The monoisotopic (exact) mass is 412 g/mol. The van der Waals surface area contributed by atoms with Crippen LogP contribution in [0.25, 0.3) is 32.3 Å². The van der Waals surface area contributed by atoms with Gasteiger partial charge in [0.05, 0.1) is 0 Å². The van der Waals surface area contributed by atoms with E-state index in [-0.39, 0.29) is 12.4 Å². The van der Waals surface area contributed by atoms with Crippen molar-refractivity contribution >= 4 is 44.7 Å². The van der Waals surface area contributed by atoms with Gasteiger partial charge in [0.15, 0.2) is 0 Å². The predicted octanol–water partition coefficient (Wildman–Crippen LogP) is 6.47. The first-order valence-electron chi connectivity index (χ1n) is 10.3. The zero-order valence-electron chi connectivity index (χ0n) is 16.8. The maximum atomic E-state index is 6.08. The van der Waals surface area contributed by atoms with Crippen molar-refractivity contribution in [1.82, 2.24) is 4.98 Å². The summed E-state index contributed by atoms with van der Waals surface area (Å²) in [6, 6.07) is 28.2. The summed E-state index contributed by atoms with van der Waals surface area (Å²) in [5.41, 5.74) is 9.05. The van der Waals surface area contributed by atoms with E-state index in [9.17, 15) is 0 Å². The van der Waals surface area contributed by atoms with Crippen molar-refractivity contribution in [3.8, 4) is 0 Å². The number of benzene rings is 4. The molecule has 1 unspecified atom stereocenters. The van der Waals surface area contributed by atoms with Crippen molar-refractivity contribution < 1.29 is 0 Å². The molecule has 2 nitrogen and oxygen atoms in total. The van der Waals surface area contributed by atoms with Crippen LogP contribution in [0.4, 0.5) is 0 Å². The van der Waals surface area contributed by atoms with E-state index in [1.165, 1.54) is 43.4 Å². The molecule has 0 spiro atoms. The van der Waals surface area contributed by atoms with Crippen LogP contribution < -0.4 is 5.73 Å². The summed E-state index contributed by atoms with van der Waals surface area (Å²) in [7, 11) is 0. The molecular formula is C27H25ClN2. The number of aryl methyl sites for hydroxylation is 1. The summed E-state index contributed by atoms with van der Waals surface area (Å²) in [5, 5.41) is 7.93. The first-order valence-corrected chi connectivity index (χ1v) is 10.3. The predicted molar refractivity (Wildman–Crippen MR) is 130 cm³/mol. The van der Waals surface area contributed by atoms with E-state index in [1.807, 2.05) is 30.6 Å². The highest BCUT2D eigenvalue weighted by atomic mass is 35.5. The molecule has 1 aliphatic rings. The van der Waals surface area contributed by atoms with Crippen molar-refractivity contribution in [2.75, 3.05) is 0 Å². The number of aromatic nitrogens is 1. The van der Waals surface area contributed by atoms with E-state index < -0.39 is 0 Å². The maximum absolute atomic E-state index is 6.08. The van der Waals surface area contributed by atoms with Crippen LogP contribution in [0.1, 0.15) is 17.5 Å². The second-order valence-corrected chi connectivity index (χ2v) is 7.81. The molecule has 0 aliphatic heterocycles. The molecule has 1 aromatic heterocycles. The second-order valence-electron chi connectivity index (χ2n) is 7.81. The molecule has 1 atom stereocenters. The lowest BCUT2D eigenvalue weighted by molar-refractivity contribution is 0.579. The lowest BCUT2D eigenvalue weighted by Gasteiger charge is -2.23. The average molecular weight is 413 g/mol. The molecule has 0 bridgehead atoms. The highest BCUT2D eigenvalue weighted by Crippen LogP contribution is 2.32. The molecule has 1 heterocycles. The maximum Gasteiger partial charge on any atom is 0.0346 e. The molecule has 0 amide bonds. The van der Waals surface area contributed by atoms with Crippen molar-refractivity contribution in [2.45, 2.75) is 25.3 Å². The van der Waals surface area contributed by atoms with Crippen LogP contribution in [-0.2, 0) is 12.8 Å². The lowest BCUT2D eigenvalue weighted by atomic mass is 9.84. The molecule has 0 radical (unpaired) electrons. The van der Waals surface area contributed by atoms with Gasteiger partial charge in [0.2, 0.25) is 0 Å². The van der Waals surface area contributed by atoms with Gasteiger partial charge in [0, 0.05) is 18.4 Å². The van der Waals surface area contributed by atoms with Crippen LogP contribution in [0, 0.1) is 0 Å². The van der Waals surface area contributed by atoms with E-state index in [0.29, 0.717) is 6.04 Å². The first-order chi connectivity index (χ1) is 14.3. The second kappa shape index (κ2) is 8.83. The fourth-order valence-electron chi connectivity index (χ4n) is 4.42. The number of halogens is 1. The van der Waals surface area contributed by atoms with Crippen LogP contribution in [0.3, 0.4) is 0 Å². The number of nitrogens with two attached hydrogens (primary N) is 1. The first kappa shape index (κ1) is 20.3. The molecule has 3 heteroatoms. The molecule has 4 aromatic carbocycles. The van der Waals surface area contributed by atoms with Gasteiger partial charge >= 0.3 is 0 Å². The van der Waals surface area contributed by atoms with Gasteiger partial charge in [-0.05, 0) is 68.8 Å². The summed E-state index contributed by atoms with van der Waals surface area (Å²) in [4.78, 5) is 4.01. The topological polar surface area (TPSA) is 38.9 Å². The van der Waals surface area contributed by atoms with Crippen LogP contribution in [0.2, 0.25) is 0 Å². The Labute approximate surface area is 183 Å². The average Bonchev–Trinajstić information content (AvgIpc) is 2.79. The van der Waals surface area contributed by atoms with Gasteiger partial charge < -0.3 is 5.73 Å². The lowest BCUT2D eigenvalue weighted by Crippen LogP contribution is -2.27. The van der Waals surface area contributed by atoms with Crippen molar-refractivity contribution in [2.24, 2.45) is 5.73 Å². The third-order valence-corrected chi connectivity index (χ3v) is 5.93. The Hall–Kier alpha value is -2.94. The standard InChI is InChI=1S/C18H17N.C9H7N.ClH/c19-14-7-10-16-13(11-14)6-9-17-15-4-2-1-3-12(15)5-8-18(16)17;1-2-4-9-7-10-6-5-8(9)3-1;/h1-6,8-9,14H,7,10-11,19H2;1-7H;1H. The molecule has 0 fully saturated rings. The zero-order chi connectivity index (χ0) is 19.6. The summed E-state index contributed by atoms with van der Waals surface area (Å²) in [5.74, 6) is 0. The number of nitrogens with zero attached hydrogens (tertiary/aromatic N) is 1. The van der Waals surface area contributed by atoms with E-state index in [2.05, 4.69) is 65.6 Å². The molecule has 5 aromatic rings. The normalized spacial score (nSPS) is 15.2. The van der Waals surface area contributed by atoms with Crippen LogP contribution in [-0.4, -0.2) is 11.0 Å². The molecule has 150 valence electrons. The van der Waals surface area contributed by atoms with Gasteiger partial charge in [-0.25, -0.2) is 0 Å². The quantitative estimate of drug-likeness (QED) is 0.296. The Bertz CT molecular complexity index is 1250. The van der Waals surface area contributed by atoms with E-state index in [0.717, 1.165) is 19.3 Å². The molecule has 30 heavy (non-hydrogen) atoms. The largest absolute Gasteiger partial charge is 0.327 e. The minimum absolute atomic E-state index is 0. The molecule has 1 aliphatic carbocycles. The van der Waals surface area contributed by atoms with Crippen molar-refractivity contribution in [3.05, 3.63) is 102 Å². The summed E-state index contributed by atoms with van der Waals surface area (Å²) >= 11 is 0. The minimum atomic E-state index is 0. The molecular weight excluding hydrogens is 388 g/mol. The number of hydrogen-bond acceptors (Lipinski definition) is 2. The Morgan fingerprint density at radius 3 is 2.27 bits per heavy atom. The Kier molecular flexibility index (Phi) is 5.98. The third-order valence-electron chi connectivity index (χ3n) is 5.93. The van der Waals surface area contributed by atoms with Crippen LogP contribution >= 0.6 is 12.4 Å². The smallest absolute Gasteiger partial charge is 0.0346 e. The molecule has 0 saturated heterocycles. The zero-order valence-corrected chi connectivity index (χ0v) is 17.6. The summed E-state index contributed by atoms with van der Waals surface area (Å²) in [6.45, 7) is 0. The van der Waals surface area contributed by atoms with Gasteiger partial charge in [-0.3, -0.25) is 4.98 Å². The number of pyridine rings is 1. The Morgan fingerprint density at radius 1 is 0.700 bits per heavy atom. The highest BCUT2D eigenvalue weighted by Gasteiger charge is 2.17. The number of hydrogen-bond donors (Lipinski definition) is 1. The fourth-order valence-corrected chi connectivity index (χ4v) is 4.42. The summed E-state index contributed by atoms with van der Waals surface area (Å²) < 4.78 is 0. The molecule has 6 rings (SSSR count). The van der Waals surface area contributed by atoms with E-state index in [1.54, 1.807) is 0 Å². The minimum Gasteiger partial charge on any atom is -0.327 e. The van der Waals surface area contributed by atoms with E-state index in [4.69, 9.17) is 5.73 Å². The van der Waals surface area contributed by atoms with Crippen molar-refractivity contribution in [3.63, 3.8) is 0 Å². The highest BCUT2D eigenvalue weighted by molar-refractivity contribution is 6.08. The van der Waals surface area contributed by atoms with Gasteiger partial charge in [-0.15, -0.1) is 12.4 Å². The summed E-state index contributed by atoms with van der Waals surface area (Å²) in [6.07, 6.45) is 6.93. The Morgan fingerprint density at radius 2 is 1.43 bits per heavy atom. The number of fused-ring (bicyclic) bond motifs is 6. The van der Waals surface area contributed by atoms with Gasteiger partial charge in [-0.2, -0.15) is 0 Å². The number of rotatable bonds is 0. The molecule has 0 saturated carbocycles. The van der Waals surface area contributed by atoms with Gasteiger partial charge in [-0.1, -0.05) is 72.8 Å². The third kappa shape index (κ3) is 3.89. The Balaban J connectivity index is 0.000000168.